The minimum atomic E-state index is 0.599. The van der Waals surface area contributed by atoms with E-state index in [0.29, 0.717) is 6.54 Å². The van der Waals surface area contributed by atoms with Crippen molar-refractivity contribution in [1.29, 1.82) is 0 Å². The lowest BCUT2D eigenvalue weighted by Crippen LogP contribution is -2.00. The second kappa shape index (κ2) is 5.65. The van der Waals surface area contributed by atoms with Gasteiger partial charge in [0.1, 0.15) is 0 Å². The largest absolute Gasteiger partial charge is 0.326 e. The van der Waals surface area contributed by atoms with Crippen molar-refractivity contribution in [2.45, 2.75) is 26.3 Å². The van der Waals surface area contributed by atoms with Gasteiger partial charge in [-0.1, -0.05) is 61.9 Å². The highest BCUT2D eigenvalue weighted by molar-refractivity contribution is 5.67. The van der Waals surface area contributed by atoms with E-state index in [-0.39, 0.29) is 0 Å². The lowest BCUT2D eigenvalue weighted by molar-refractivity contribution is 0.916. The fourth-order valence-corrected chi connectivity index (χ4v) is 2.16. The summed E-state index contributed by atoms with van der Waals surface area (Å²) in [4.78, 5) is 0. The van der Waals surface area contributed by atoms with Crippen molar-refractivity contribution < 1.29 is 0 Å². The minimum Gasteiger partial charge on any atom is -0.326 e. The summed E-state index contributed by atoms with van der Waals surface area (Å²) in [6.45, 7) is 2.80. The molecule has 0 saturated carbocycles. The van der Waals surface area contributed by atoms with Gasteiger partial charge in [-0.15, -0.1) is 0 Å². The van der Waals surface area contributed by atoms with Crippen LogP contribution >= 0.6 is 0 Å². The molecule has 2 rings (SSSR count). The van der Waals surface area contributed by atoms with Crippen molar-refractivity contribution in [2.24, 2.45) is 5.73 Å². The summed E-state index contributed by atoms with van der Waals surface area (Å²) in [7, 11) is 0. The van der Waals surface area contributed by atoms with E-state index in [1.807, 2.05) is 6.07 Å². The molecule has 0 aliphatic heterocycles. The molecule has 0 heterocycles. The molecule has 0 atom stereocenters. The zero-order valence-electron chi connectivity index (χ0n) is 10.3. The number of rotatable bonds is 4. The van der Waals surface area contributed by atoms with Crippen LogP contribution in [-0.4, -0.2) is 0 Å². The third-order valence-electron chi connectivity index (χ3n) is 3.01. The molecule has 0 bridgehead atoms. The molecule has 0 saturated heterocycles. The highest BCUT2D eigenvalue weighted by Crippen LogP contribution is 2.24. The summed E-state index contributed by atoms with van der Waals surface area (Å²) < 4.78 is 0. The third-order valence-corrected chi connectivity index (χ3v) is 3.01. The topological polar surface area (TPSA) is 26.0 Å². The molecule has 1 heteroatoms. The lowest BCUT2D eigenvalue weighted by atomic mass is 9.96. The Labute approximate surface area is 103 Å². The monoisotopic (exact) mass is 225 g/mol. The van der Waals surface area contributed by atoms with E-state index in [2.05, 4.69) is 49.4 Å². The second-order valence-corrected chi connectivity index (χ2v) is 4.31. The average molecular weight is 225 g/mol. The first kappa shape index (κ1) is 11.9. The zero-order valence-corrected chi connectivity index (χ0v) is 10.3. The van der Waals surface area contributed by atoms with Gasteiger partial charge in [0.15, 0.2) is 0 Å². The van der Waals surface area contributed by atoms with Crippen LogP contribution in [0, 0.1) is 0 Å². The first-order valence-electron chi connectivity index (χ1n) is 6.22. The van der Waals surface area contributed by atoms with Crippen molar-refractivity contribution in [3.8, 4) is 11.1 Å². The zero-order chi connectivity index (χ0) is 12.1. The summed E-state index contributed by atoms with van der Waals surface area (Å²) in [6.07, 6.45) is 2.30. The SMILES string of the molecule is CCCc1ccc(-c2ccccc2)c(CN)c1. The predicted molar refractivity (Wildman–Crippen MR) is 73.8 cm³/mol. The Morgan fingerprint density at radius 1 is 1.00 bits per heavy atom. The summed E-state index contributed by atoms with van der Waals surface area (Å²) in [5.41, 5.74) is 11.0. The quantitative estimate of drug-likeness (QED) is 0.842. The lowest BCUT2D eigenvalue weighted by Gasteiger charge is -2.10. The molecule has 2 N–H and O–H groups in total. The fraction of sp³-hybridized carbons (Fsp3) is 0.250. The van der Waals surface area contributed by atoms with Gasteiger partial charge < -0.3 is 5.73 Å². The maximum atomic E-state index is 5.85. The maximum absolute atomic E-state index is 5.85. The number of benzene rings is 2. The smallest absolute Gasteiger partial charge is 0.0184 e. The Morgan fingerprint density at radius 3 is 2.41 bits per heavy atom. The molecular formula is C16H19N. The highest BCUT2D eigenvalue weighted by atomic mass is 14.5. The van der Waals surface area contributed by atoms with Crippen molar-refractivity contribution in [3.05, 3.63) is 59.7 Å². The van der Waals surface area contributed by atoms with E-state index in [4.69, 9.17) is 5.73 Å². The van der Waals surface area contributed by atoms with E-state index < -0.39 is 0 Å². The summed E-state index contributed by atoms with van der Waals surface area (Å²) in [6, 6.07) is 17.1. The van der Waals surface area contributed by atoms with Crippen LogP contribution in [0.4, 0.5) is 0 Å². The Balaban J connectivity index is 2.41. The van der Waals surface area contributed by atoms with E-state index >= 15 is 0 Å². The minimum absolute atomic E-state index is 0.599. The molecule has 88 valence electrons. The molecule has 0 aliphatic carbocycles. The van der Waals surface area contributed by atoms with Crippen molar-refractivity contribution >= 4 is 0 Å². The summed E-state index contributed by atoms with van der Waals surface area (Å²) in [5, 5.41) is 0. The maximum Gasteiger partial charge on any atom is 0.0184 e. The van der Waals surface area contributed by atoms with Crippen molar-refractivity contribution in [1.82, 2.24) is 0 Å². The highest BCUT2D eigenvalue weighted by Gasteiger charge is 2.04. The van der Waals surface area contributed by atoms with Gasteiger partial charge in [0, 0.05) is 6.54 Å². The van der Waals surface area contributed by atoms with Gasteiger partial charge in [-0.05, 0) is 28.7 Å². The molecule has 0 radical (unpaired) electrons. The summed E-state index contributed by atoms with van der Waals surface area (Å²) in [5.74, 6) is 0. The number of aryl methyl sites for hydroxylation is 1. The van der Waals surface area contributed by atoms with Gasteiger partial charge >= 0.3 is 0 Å². The Hall–Kier alpha value is -1.60. The number of hydrogen-bond donors (Lipinski definition) is 1. The van der Waals surface area contributed by atoms with Gasteiger partial charge in [-0.25, -0.2) is 0 Å². The Bertz CT molecular complexity index is 474. The van der Waals surface area contributed by atoms with E-state index in [1.165, 1.54) is 28.7 Å². The van der Waals surface area contributed by atoms with E-state index in [0.717, 1.165) is 6.42 Å². The molecule has 2 aromatic carbocycles. The van der Waals surface area contributed by atoms with E-state index in [9.17, 15) is 0 Å². The van der Waals surface area contributed by atoms with Gasteiger partial charge in [0.2, 0.25) is 0 Å². The van der Waals surface area contributed by atoms with E-state index in [1.54, 1.807) is 0 Å². The Morgan fingerprint density at radius 2 is 1.76 bits per heavy atom. The first-order chi connectivity index (χ1) is 8.35. The van der Waals surface area contributed by atoms with Crippen LogP contribution in [0.1, 0.15) is 24.5 Å². The molecule has 0 fully saturated rings. The molecule has 0 aliphatic rings. The molecule has 0 spiro atoms. The Kier molecular flexibility index (Phi) is 3.94. The van der Waals surface area contributed by atoms with Crippen LogP contribution in [0.3, 0.4) is 0 Å². The van der Waals surface area contributed by atoms with Crippen LogP contribution in [-0.2, 0) is 13.0 Å². The molecule has 0 unspecified atom stereocenters. The standard InChI is InChI=1S/C16H19N/c1-2-6-13-9-10-16(15(11-13)12-17)14-7-4-3-5-8-14/h3-5,7-11H,2,6,12,17H2,1H3. The molecule has 17 heavy (non-hydrogen) atoms. The molecule has 0 aromatic heterocycles. The van der Waals surface area contributed by atoms with Gasteiger partial charge in [0.25, 0.3) is 0 Å². The first-order valence-corrected chi connectivity index (χ1v) is 6.22. The van der Waals surface area contributed by atoms with Crippen LogP contribution in [0.2, 0.25) is 0 Å². The van der Waals surface area contributed by atoms with Crippen molar-refractivity contribution in [3.63, 3.8) is 0 Å². The molecule has 1 nitrogen and oxygen atoms in total. The summed E-state index contributed by atoms with van der Waals surface area (Å²) >= 11 is 0. The average Bonchev–Trinajstić information content (AvgIpc) is 2.40. The second-order valence-electron chi connectivity index (χ2n) is 4.31. The number of nitrogens with two attached hydrogens (primary N) is 1. The normalized spacial score (nSPS) is 10.5. The van der Waals surface area contributed by atoms with Crippen LogP contribution in [0.25, 0.3) is 11.1 Å². The van der Waals surface area contributed by atoms with Crippen LogP contribution < -0.4 is 5.73 Å². The van der Waals surface area contributed by atoms with Crippen molar-refractivity contribution in [2.75, 3.05) is 0 Å². The predicted octanol–water partition coefficient (Wildman–Crippen LogP) is 3.76. The van der Waals surface area contributed by atoms with Gasteiger partial charge in [0.05, 0.1) is 0 Å². The third kappa shape index (κ3) is 2.75. The van der Waals surface area contributed by atoms with Gasteiger partial charge in [-0.3, -0.25) is 0 Å². The number of hydrogen-bond acceptors (Lipinski definition) is 1. The molecule has 2 aromatic rings. The molecular weight excluding hydrogens is 206 g/mol. The van der Waals surface area contributed by atoms with Crippen LogP contribution in [0.15, 0.2) is 48.5 Å². The molecule has 0 amide bonds. The fourth-order valence-electron chi connectivity index (χ4n) is 2.16. The van der Waals surface area contributed by atoms with Gasteiger partial charge in [-0.2, -0.15) is 0 Å². The van der Waals surface area contributed by atoms with Crippen LogP contribution in [0.5, 0.6) is 0 Å².